The number of benzene rings is 2. The maximum atomic E-state index is 15.0. The number of amides is 1. The Bertz CT molecular complexity index is 1520. The van der Waals surface area contributed by atoms with Crippen LogP contribution in [0.5, 0.6) is 0 Å². The van der Waals surface area contributed by atoms with Crippen LogP contribution in [0.3, 0.4) is 0 Å². The zero-order valence-corrected chi connectivity index (χ0v) is 20.0. The van der Waals surface area contributed by atoms with Crippen molar-refractivity contribution in [1.29, 1.82) is 0 Å². The van der Waals surface area contributed by atoms with Gasteiger partial charge >= 0.3 is 6.09 Å². The summed E-state index contributed by atoms with van der Waals surface area (Å²) in [5.74, 6) is -0.488. The van der Waals surface area contributed by atoms with Gasteiger partial charge in [0.1, 0.15) is 11.8 Å². The number of carbonyl (C=O) groups excluding carboxylic acids is 1. The van der Waals surface area contributed by atoms with Crippen molar-refractivity contribution in [2.24, 2.45) is 5.73 Å². The van der Waals surface area contributed by atoms with Crippen molar-refractivity contribution in [3.05, 3.63) is 72.8 Å². The molecule has 0 saturated heterocycles. The fourth-order valence-electron chi connectivity index (χ4n) is 4.60. The molecule has 4 aromatic rings. The highest BCUT2D eigenvalue weighted by atomic mass is 32.2. The van der Waals surface area contributed by atoms with E-state index in [1.165, 1.54) is 18.3 Å². The van der Waals surface area contributed by atoms with Crippen molar-refractivity contribution < 1.29 is 22.3 Å². The van der Waals surface area contributed by atoms with E-state index >= 15 is 4.39 Å². The first-order valence-corrected chi connectivity index (χ1v) is 12.9. The Morgan fingerprint density at radius 2 is 1.86 bits per heavy atom. The van der Waals surface area contributed by atoms with Gasteiger partial charge in [-0.25, -0.2) is 31.5 Å². The number of nitrogens with two attached hydrogens (primary N) is 1. The summed E-state index contributed by atoms with van der Waals surface area (Å²) in [7, 11) is -3.93. The normalized spacial score (nSPS) is 18.1. The minimum absolute atomic E-state index is 0.0218. The van der Waals surface area contributed by atoms with Crippen LogP contribution in [0.25, 0.3) is 22.2 Å². The average Bonchev–Trinajstić information content (AvgIpc) is 3.26. The summed E-state index contributed by atoms with van der Waals surface area (Å²) in [6.45, 7) is 0. The van der Waals surface area contributed by atoms with Gasteiger partial charge in [0.15, 0.2) is 5.82 Å². The maximum absolute atomic E-state index is 15.0. The zero-order valence-electron chi connectivity index (χ0n) is 19.2. The average molecular weight is 510 g/mol. The molecule has 0 bridgehead atoms. The Morgan fingerprint density at radius 3 is 2.64 bits per heavy atom. The summed E-state index contributed by atoms with van der Waals surface area (Å²) < 4.78 is 48.1. The minimum atomic E-state index is -3.93. The molecule has 2 aromatic carbocycles. The van der Waals surface area contributed by atoms with Crippen LogP contribution in [-0.2, 0) is 14.8 Å². The molecule has 0 aliphatic heterocycles. The third-order valence-corrected chi connectivity index (χ3v) is 7.91. The van der Waals surface area contributed by atoms with Gasteiger partial charge < -0.3 is 15.8 Å². The van der Waals surface area contributed by atoms with Gasteiger partial charge in [-0.05, 0) is 37.5 Å². The Balaban J connectivity index is 1.52. The lowest BCUT2D eigenvalue weighted by Gasteiger charge is -2.29. The number of primary amides is 1. The SMILES string of the molecule is NC(=O)O[C@H]1CCC[C@@H](Nc2ncc(F)c(-c3cn(S(=O)(=O)c4ccccc4)c4ccccc34)n2)C1. The fourth-order valence-corrected chi connectivity index (χ4v) is 5.99. The minimum Gasteiger partial charge on any atom is -0.446 e. The highest BCUT2D eigenvalue weighted by Crippen LogP contribution is 2.34. The number of anilines is 1. The van der Waals surface area contributed by atoms with Crippen molar-refractivity contribution in [3.8, 4) is 11.3 Å². The van der Waals surface area contributed by atoms with Gasteiger partial charge in [0.25, 0.3) is 10.0 Å². The van der Waals surface area contributed by atoms with E-state index in [-0.39, 0.29) is 28.7 Å². The van der Waals surface area contributed by atoms with Gasteiger partial charge in [-0.3, -0.25) is 0 Å². The molecule has 11 heteroatoms. The lowest BCUT2D eigenvalue weighted by Crippen LogP contribution is -2.34. The number of para-hydroxylation sites is 1. The van der Waals surface area contributed by atoms with Crippen molar-refractivity contribution in [2.75, 3.05) is 5.32 Å². The van der Waals surface area contributed by atoms with E-state index in [4.69, 9.17) is 10.5 Å². The van der Waals surface area contributed by atoms with E-state index in [0.717, 1.165) is 23.0 Å². The summed E-state index contributed by atoms with van der Waals surface area (Å²) in [6.07, 6.45) is 4.16. The van der Waals surface area contributed by atoms with E-state index in [1.807, 2.05) is 0 Å². The molecular weight excluding hydrogens is 485 g/mol. The molecule has 1 amide bonds. The second-order valence-electron chi connectivity index (χ2n) is 8.63. The van der Waals surface area contributed by atoms with E-state index in [9.17, 15) is 13.2 Å². The number of nitrogens with zero attached hydrogens (tertiary/aromatic N) is 3. The van der Waals surface area contributed by atoms with E-state index in [1.54, 1.807) is 42.5 Å². The number of fused-ring (bicyclic) bond motifs is 1. The molecule has 1 aliphatic carbocycles. The number of ether oxygens (including phenoxy) is 1. The van der Waals surface area contributed by atoms with Crippen molar-refractivity contribution in [1.82, 2.24) is 13.9 Å². The molecule has 1 saturated carbocycles. The van der Waals surface area contributed by atoms with Crippen LogP contribution in [0.2, 0.25) is 0 Å². The second kappa shape index (κ2) is 9.57. The standard InChI is InChI=1S/C25H24FN5O4S/c26-21-14-28-25(29-16-7-6-8-17(13-16)35-24(27)32)30-23(21)20-15-31(22-12-5-4-11-19(20)22)36(33,34)18-9-2-1-3-10-18/h1-5,9-12,14-17H,6-8,13H2,(H2,27,32)(H,28,29,30)/t16-,17+/m1/s1. The largest absolute Gasteiger partial charge is 0.446 e. The number of nitrogens with one attached hydrogen (secondary N) is 1. The maximum Gasteiger partial charge on any atom is 0.404 e. The highest BCUT2D eigenvalue weighted by molar-refractivity contribution is 7.90. The molecule has 36 heavy (non-hydrogen) atoms. The Labute approximate surface area is 207 Å². The van der Waals surface area contributed by atoms with Gasteiger partial charge in [0.05, 0.1) is 16.6 Å². The summed E-state index contributed by atoms with van der Waals surface area (Å²) in [5.41, 5.74) is 5.85. The predicted octanol–water partition coefficient (Wildman–Crippen LogP) is 4.29. The van der Waals surface area contributed by atoms with Crippen molar-refractivity contribution in [3.63, 3.8) is 0 Å². The first-order valence-electron chi connectivity index (χ1n) is 11.5. The Morgan fingerprint density at radius 1 is 1.11 bits per heavy atom. The molecule has 1 fully saturated rings. The molecule has 5 rings (SSSR count). The van der Waals surface area contributed by atoms with Crippen LogP contribution in [0, 0.1) is 5.82 Å². The summed E-state index contributed by atoms with van der Waals surface area (Å²) in [4.78, 5) is 19.7. The van der Waals surface area contributed by atoms with Crippen molar-refractivity contribution >= 4 is 33.0 Å². The van der Waals surface area contributed by atoms with Crippen LogP contribution in [-0.4, -0.2) is 40.6 Å². The molecular formula is C25H24FN5O4S. The number of hydrogen-bond donors (Lipinski definition) is 2. The number of rotatable bonds is 6. The van der Waals surface area contributed by atoms with Crippen LogP contribution < -0.4 is 11.1 Å². The van der Waals surface area contributed by atoms with Crippen LogP contribution >= 0.6 is 0 Å². The molecule has 2 aromatic heterocycles. The molecule has 0 spiro atoms. The van der Waals surface area contributed by atoms with Gasteiger partial charge in [-0.2, -0.15) is 0 Å². The number of carbonyl (C=O) groups is 1. The van der Waals surface area contributed by atoms with Crippen molar-refractivity contribution in [2.45, 2.75) is 42.7 Å². The number of hydrogen-bond acceptors (Lipinski definition) is 7. The lowest BCUT2D eigenvalue weighted by molar-refractivity contribution is 0.0796. The Hall–Kier alpha value is -3.99. The van der Waals surface area contributed by atoms with Crippen LogP contribution in [0.1, 0.15) is 25.7 Å². The number of halogens is 1. The quantitative estimate of drug-likeness (QED) is 0.397. The first kappa shape index (κ1) is 23.7. The molecule has 186 valence electrons. The molecule has 1 aliphatic rings. The molecule has 0 unspecified atom stereocenters. The van der Waals surface area contributed by atoms with Crippen LogP contribution in [0.4, 0.5) is 15.1 Å². The monoisotopic (exact) mass is 509 g/mol. The molecule has 2 heterocycles. The second-order valence-corrected chi connectivity index (χ2v) is 10.4. The fraction of sp³-hybridized carbons (Fsp3) is 0.240. The molecule has 3 N–H and O–H groups in total. The lowest BCUT2D eigenvalue weighted by atomic mass is 9.93. The molecule has 2 atom stereocenters. The van der Waals surface area contributed by atoms with Gasteiger partial charge in [-0.1, -0.05) is 36.4 Å². The van der Waals surface area contributed by atoms with Gasteiger partial charge in [-0.15, -0.1) is 0 Å². The van der Waals surface area contributed by atoms with Crippen LogP contribution in [0.15, 0.2) is 71.9 Å². The smallest absolute Gasteiger partial charge is 0.404 e. The third-order valence-electron chi connectivity index (χ3n) is 6.22. The van der Waals surface area contributed by atoms with Gasteiger partial charge in [0, 0.05) is 29.6 Å². The number of aromatic nitrogens is 3. The molecule has 9 nitrogen and oxygen atoms in total. The van der Waals surface area contributed by atoms with E-state index in [2.05, 4.69) is 15.3 Å². The predicted molar refractivity (Wildman–Crippen MR) is 132 cm³/mol. The summed E-state index contributed by atoms with van der Waals surface area (Å²) in [5, 5.41) is 3.72. The third kappa shape index (κ3) is 4.61. The highest BCUT2D eigenvalue weighted by Gasteiger charge is 2.26. The van der Waals surface area contributed by atoms with E-state index < -0.39 is 21.9 Å². The van der Waals surface area contributed by atoms with E-state index in [0.29, 0.717) is 29.3 Å². The molecule has 0 radical (unpaired) electrons. The Kier molecular flexibility index (Phi) is 6.31. The summed E-state index contributed by atoms with van der Waals surface area (Å²) in [6, 6.07) is 14.8. The summed E-state index contributed by atoms with van der Waals surface area (Å²) >= 11 is 0. The first-order chi connectivity index (χ1) is 17.3. The topological polar surface area (TPSA) is 129 Å². The van der Waals surface area contributed by atoms with Gasteiger partial charge in [0.2, 0.25) is 5.95 Å². The zero-order chi connectivity index (χ0) is 25.3.